The van der Waals surface area contributed by atoms with Crippen LogP contribution in [0.2, 0.25) is 0 Å². The van der Waals surface area contributed by atoms with Crippen molar-refractivity contribution >= 4 is 11.9 Å². The molecule has 0 fully saturated rings. The highest BCUT2D eigenvalue weighted by Gasteiger charge is 2.24. The van der Waals surface area contributed by atoms with E-state index in [9.17, 15) is 9.59 Å². The summed E-state index contributed by atoms with van der Waals surface area (Å²) in [6.45, 7) is 11.1. The molecule has 0 rings (SSSR count). The second-order valence-corrected chi connectivity index (χ2v) is 5.81. The number of carbonyl (C=O) groups excluding carboxylic acids is 2. The van der Waals surface area contributed by atoms with Crippen LogP contribution in [0.15, 0.2) is 0 Å². The molecule has 0 saturated heterocycles. The number of hydrogen-bond acceptors (Lipinski definition) is 3. The van der Waals surface area contributed by atoms with E-state index in [1.54, 1.807) is 6.92 Å². The largest absolute Gasteiger partial charge is 0.458 e. The van der Waals surface area contributed by atoms with E-state index in [1.807, 2.05) is 27.7 Å². The molecule has 0 bridgehead atoms. The van der Waals surface area contributed by atoms with Crippen molar-refractivity contribution in [3.8, 4) is 0 Å². The first kappa shape index (κ1) is 16.9. The summed E-state index contributed by atoms with van der Waals surface area (Å²) in [6.07, 6.45) is 2.94. The molecular formula is C14H27NO3. The molecule has 4 nitrogen and oxygen atoms in total. The average Bonchev–Trinajstić information content (AvgIpc) is 2.23. The zero-order chi connectivity index (χ0) is 14.3. The molecule has 2 atom stereocenters. The minimum Gasteiger partial charge on any atom is -0.458 e. The summed E-state index contributed by atoms with van der Waals surface area (Å²) < 4.78 is 5.21. The Hall–Kier alpha value is -1.06. The number of nitrogens with one attached hydrogen (secondary N) is 1. The Labute approximate surface area is 110 Å². The molecule has 0 aromatic carbocycles. The van der Waals surface area contributed by atoms with Crippen molar-refractivity contribution in [2.75, 3.05) is 0 Å². The summed E-state index contributed by atoms with van der Waals surface area (Å²) in [5, 5.41) is 2.70. The lowest BCUT2D eigenvalue weighted by Gasteiger charge is -2.23. The topological polar surface area (TPSA) is 55.4 Å². The van der Waals surface area contributed by atoms with Gasteiger partial charge in [-0.2, -0.15) is 0 Å². The predicted octanol–water partition coefficient (Wildman–Crippen LogP) is 2.66. The molecule has 0 radical (unpaired) electrons. The molecule has 4 heteroatoms. The molecule has 0 aromatic heterocycles. The van der Waals surface area contributed by atoms with Gasteiger partial charge in [0.15, 0.2) is 0 Å². The Morgan fingerprint density at radius 1 is 1.22 bits per heavy atom. The molecule has 18 heavy (non-hydrogen) atoms. The third-order valence-corrected chi connectivity index (χ3v) is 2.56. The summed E-state index contributed by atoms with van der Waals surface area (Å²) in [4.78, 5) is 23.5. The van der Waals surface area contributed by atoms with Gasteiger partial charge in [-0.25, -0.2) is 4.79 Å². The molecule has 0 spiro atoms. The molecule has 0 aromatic rings. The molecule has 0 aliphatic rings. The second kappa shape index (κ2) is 7.39. The Balaban J connectivity index is 4.18. The summed E-state index contributed by atoms with van der Waals surface area (Å²) in [7, 11) is 0. The predicted molar refractivity (Wildman–Crippen MR) is 72.1 cm³/mol. The monoisotopic (exact) mass is 257 g/mol. The van der Waals surface area contributed by atoms with Crippen LogP contribution in [-0.2, 0) is 14.3 Å². The average molecular weight is 257 g/mol. The number of carbonyl (C=O) groups is 2. The number of esters is 1. The lowest BCUT2D eigenvalue weighted by molar-refractivity contribution is -0.158. The SMILES string of the molecule is CCCCC(C)C(=O)N[C@H](C)C(=O)OC(C)(C)C. The standard InChI is InChI=1S/C14H27NO3/c1-7-8-9-10(2)12(16)15-11(3)13(17)18-14(4,5)6/h10-11H,7-9H2,1-6H3,(H,15,16)/t10?,11-/m1/s1. The van der Waals surface area contributed by atoms with Crippen LogP contribution in [0.1, 0.15) is 60.8 Å². The van der Waals surface area contributed by atoms with Gasteiger partial charge in [-0.3, -0.25) is 4.79 Å². The molecule has 1 N–H and O–H groups in total. The zero-order valence-corrected chi connectivity index (χ0v) is 12.5. The van der Waals surface area contributed by atoms with Gasteiger partial charge in [-0.05, 0) is 34.1 Å². The first-order chi connectivity index (χ1) is 8.17. The van der Waals surface area contributed by atoms with Crippen molar-refractivity contribution in [1.82, 2.24) is 5.32 Å². The van der Waals surface area contributed by atoms with Gasteiger partial charge in [-0.15, -0.1) is 0 Å². The van der Waals surface area contributed by atoms with Crippen molar-refractivity contribution in [1.29, 1.82) is 0 Å². The van der Waals surface area contributed by atoms with E-state index in [4.69, 9.17) is 4.74 Å². The van der Waals surface area contributed by atoms with E-state index in [-0.39, 0.29) is 11.8 Å². The summed E-state index contributed by atoms with van der Waals surface area (Å²) in [6, 6.07) is -0.596. The quantitative estimate of drug-likeness (QED) is 0.744. The highest BCUT2D eigenvalue weighted by atomic mass is 16.6. The Kier molecular flexibility index (Phi) is 6.96. The van der Waals surface area contributed by atoms with Gasteiger partial charge in [-0.1, -0.05) is 26.7 Å². The third kappa shape index (κ3) is 7.30. The maximum atomic E-state index is 11.8. The van der Waals surface area contributed by atoms with Crippen LogP contribution in [0.3, 0.4) is 0 Å². The van der Waals surface area contributed by atoms with E-state index in [2.05, 4.69) is 12.2 Å². The van der Waals surface area contributed by atoms with Crippen LogP contribution >= 0.6 is 0 Å². The lowest BCUT2D eigenvalue weighted by atomic mass is 10.0. The normalized spacial score (nSPS) is 14.8. The van der Waals surface area contributed by atoms with E-state index in [1.165, 1.54) is 0 Å². The fourth-order valence-electron chi connectivity index (χ4n) is 1.45. The highest BCUT2D eigenvalue weighted by molar-refractivity contribution is 5.85. The van der Waals surface area contributed by atoms with Gasteiger partial charge in [0.05, 0.1) is 0 Å². The third-order valence-electron chi connectivity index (χ3n) is 2.56. The lowest BCUT2D eigenvalue weighted by Crippen LogP contribution is -2.44. The van der Waals surface area contributed by atoms with Gasteiger partial charge in [0.2, 0.25) is 5.91 Å². The number of unbranched alkanes of at least 4 members (excludes halogenated alkanes) is 1. The van der Waals surface area contributed by atoms with E-state index in [0.29, 0.717) is 0 Å². The smallest absolute Gasteiger partial charge is 0.328 e. The van der Waals surface area contributed by atoms with Gasteiger partial charge in [0.1, 0.15) is 11.6 Å². The van der Waals surface area contributed by atoms with Crippen molar-refractivity contribution in [2.24, 2.45) is 5.92 Å². The Morgan fingerprint density at radius 2 is 1.78 bits per heavy atom. The fourth-order valence-corrected chi connectivity index (χ4v) is 1.45. The van der Waals surface area contributed by atoms with Gasteiger partial charge in [0, 0.05) is 5.92 Å². The first-order valence-corrected chi connectivity index (χ1v) is 6.70. The number of rotatable bonds is 6. The molecule has 0 aliphatic heterocycles. The van der Waals surface area contributed by atoms with E-state index < -0.39 is 17.6 Å². The summed E-state index contributed by atoms with van der Waals surface area (Å²) in [5.74, 6) is -0.532. The first-order valence-electron chi connectivity index (χ1n) is 6.70. The summed E-state index contributed by atoms with van der Waals surface area (Å²) in [5.41, 5.74) is -0.524. The molecule has 1 amide bonds. The second-order valence-electron chi connectivity index (χ2n) is 5.81. The molecule has 1 unspecified atom stereocenters. The maximum Gasteiger partial charge on any atom is 0.328 e. The van der Waals surface area contributed by atoms with E-state index in [0.717, 1.165) is 19.3 Å². The van der Waals surface area contributed by atoms with Gasteiger partial charge < -0.3 is 10.1 Å². The maximum absolute atomic E-state index is 11.8. The number of hydrogen-bond donors (Lipinski definition) is 1. The number of amides is 1. The van der Waals surface area contributed by atoms with Crippen LogP contribution in [-0.4, -0.2) is 23.5 Å². The molecular weight excluding hydrogens is 230 g/mol. The van der Waals surface area contributed by atoms with Crippen LogP contribution < -0.4 is 5.32 Å². The highest BCUT2D eigenvalue weighted by Crippen LogP contribution is 2.10. The summed E-state index contributed by atoms with van der Waals surface area (Å²) >= 11 is 0. The van der Waals surface area contributed by atoms with Crippen LogP contribution in [0.25, 0.3) is 0 Å². The molecule has 0 saturated carbocycles. The minimum atomic E-state index is -0.596. The Morgan fingerprint density at radius 3 is 2.22 bits per heavy atom. The van der Waals surface area contributed by atoms with Crippen LogP contribution in [0, 0.1) is 5.92 Å². The van der Waals surface area contributed by atoms with Crippen LogP contribution in [0.5, 0.6) is 0 Å². The van der Waals surface area contributed by atoms with Crippen molar-refractivity contribution in [2.45, 2.75) is 72.4 Å². The molecule has 106 valence electrons. The van der Waals surface area contributed by atoms with Crippen molar-refractivity contribution in [3.63, 3.8) is 0 Å². The minimum absolute atomic E-state index is 0.0603. The Bertz CT molecular complexity index is 281. The van der Waals surface area contributed by atoms with Gasteiger partial charge in [0.25, 0.3) is 0 Å². The van der Waals surface area contributed by atoms with Crippen molar-refractivity contribution < 1.29 is 14.3 Å². The molecule has 0 heterocycles. The fraction of sp³-hybridized carbons (Fsp3) is 0.857. The number of ether oxygens (including phenoxy) is 1. The molecule has 0 aliphatic carbocycles. The zero-order valence-electron chi connectivity index (χ0n) is 12.5. The van der Waals surface area contributed by atoms with Crippen molar-refractivity contribution in [3.05, 3.63) is 0 Å². The van der Waals surface area contributed by atoms with E-state index >= 15 is 0 Å². The van der Waals surface area contributed by atoms with Crippen LogP contribution in [0.4, 0.5) is 0 Å². The van der Waals surface area contributed by atoms with Gasteiger partial charge >= 0.3 is 5.97 Å².